The fourth-order valence-electron chi connectivity index (χ4n) is 4.30. The van der Waals surface area contributed by atoms with E-state index >= 15 is 0 Å². The van der Waals surface area contributed by atoms with Crippen LogP contribution in [0.3, 0.4) is 0 Å². The van der Waals surface area contributed by atoms with Gasteiger partial charge in [-0.3, -0.25) is 4.79 Å². The molecule has 5 rings (SSSR count). The van der Waals surface area contributed by atoms with Crippen molar-refractivity contribution in [1.82, 2.24) is 14.8 Å². The Morgan fingerprint density at radius 3 is 2.51 bits per heavy atom. The summed E-state index contributed by atoms with van der Waals surface area (Å²) in [6, 6.07) is 22.9. The number of rotatable bonds is 10. The van der Waals surface area contributed by atoms with E-state index in [0.717, 1.165) is 48.1 Å². The topological polar surface area (TPSA) is 77.9 Å². The van der Waals surface area contributed by atoms with Crippen molar-refractivity contribution in [3.05, 3.63) is 90.1 Å². The molecule has 8 nitrogen and oxygen atoms in total. The van der Waals surface area contributed by atoms with Gasteiger partial charge in [-0.1, -0.05) is 30.3 Å². The maximum atomic E-state index is 12.9. The minimum atomic E-state index is -0.253. The Kier molecular flexibility index (Phi) is 7.98. The maximum Gasteiger partial charge on any atom is 0.271 e. The molecule has 1 amide bonds. The first kappa shape index (κ1) is 24.8. The smallest absolute Gasteiger partial charge is 0.271 e. The first-order chi connectivity index (χ1) is 18.1. The van der Waals surface area contributed by atoms with Crippen molar-refractivity contribution >= 4 is 16.8 Å². The lowest BCUT2D eigenvalue weighted by Gasteiger charge is -2.29. The van der Waals surface area contributed by atoms with E-state index in [1.807, 2.05) is 60.7 Å². The molecule has 0 spiro atoms. The quantitative estimate of drug-likeness (QED) is 0.324. The van der Waals surface area contributed by atoms with Gasteiger partial charge in [-0.15, -0.1) is 0 Å². The van der Waals surface area contributed by atoms with Crippen molar-refractivity contribution < 1.29 is 19.0 Å². The summed E-state index contributed by atoms with van der Waals surface area (Å²) in [4.78, 5) is 16.7. The number of hydrogen-bond donors (Lipinski definition) is 1. The summed E-state index contributed by atoms with van der Waals surface area (Å²) in [5, 5.41) is 5.22. The molecule has 1 saturated heterocycles. The third-order valence-electron chi connectivity index (χ3n) is 6.44. The Labute approximate surface area is 216 Å². The van der Waals surface area contributed by atoms with Crippen LogP contribution in [0.2, 0.25) is 0 Å². The van der Waals surface area contributed by atoms with Gasteiger partial charge in [0.15, 0.2) is 0 Å². The number of hydrogen-bond acceptors (Lipinski definition) is 6. The average Bonchev–Trinajstić information content (AvgIpc) is 3.32. The van der Waals surface area contributed by atoms with Crippen molar-refractivity contribution in [2.75, 3.05) is 38.8 Å². The zero-order valence-corrected chi connectivity index (χ0v) is 21.0. The number of ether oxygens (including phenoxy) is 3. The Balaban J connectivity index is 1.14. The highest BCUT2D eigenvalue weighted by molar-refractivity contribution is 6.00. The van der Waals surface area contributed by atoms with E-state index in [9.17, 15) is 4.79 Å². The second-order valence-electron chi connectivity index (χ2n) is 9.25. The first-order valence-corrected chi connectivity index (χ1v) is 12.6. The van der Waals surface area contributed by atoms with Crippen LogP contribution in [0.4, 0.5) is 0 Å². The fraction of sp³-hybridized carbons (Fsp3) is 0.310. The molecule has 37 heavy (non-hydrogen) atoms. The number of carbonyl (C=O) groups excluding carboxylic acids is 1. The number of amides is 1. The summed E-state index contributed by atoms with van der Waals surface area (Å²) < 4.78 is 17.6. The van der Waals surface area contributed by atoms with E-state index in [1.54, 1.807) is 18.3 Å². The molecule has 0 radical (unpaired) electrons. The molecule has 3 aromatic carbocycles. The summed E-state index contributed by atoms with van der Waals surface area (Å²) in [6.45, 7) is 3.52. The predicted molar refractivity (Wildman–Crippen MR) is 143 cm³/mol. The van der Waals surface area contributed by atoms with E-state index in [4.69, 9.17) is 14.2 Å². The number of benzene rings is 3. The fourth-order valence-corrected chi connectivity index (χ4v) is 4.30. The third-order valence-corrected chi connectivity index (χ3v) is 6.44. The van der Waals surface area contributed by atoms with Crippen LogP contribution in [0.1, 0.15) is 28.8 Å². The molecule has 0 bridgehead atoms. The molecule has 192 valence electrons. The van der Waals surface area contributed by atoms with Crippen molar-refractivity contribution in [3.63, 3.8) is 0 Å². The number of piperidine rings is 1. The zero-order chi connectivity index (χ0) is 25.5. The van der Waals surface area contributed by atoms with Crippen LogP contribution in [0.25, 0.3) is 10.9 Å². The number of fused-ring (bicyclic) bond motifs is 1. The van der Waals surface area contributed by atoms with Crippen LogP contribution in [-0.4, -0.2) is 60.2 Å². The van der Waals surface area contributed by atoms with Gasteiger partial charge >= 0.3 is 0 Å². The number of nitrogens with zero attached hydrogens (tertiary/aromatic N) is 3. The number of aromatic nitrogens is 2. The molecule has 0 unspecified atom stereocenters. The largest absolute Gasteiger partial charge is 0.491 e. The van der Waals surface area contributed by atoms with Gasteiger partial charge < -0.3 is 19.1 Å². The Hall–Kier alpha value is -3.88. The van der Waals surface area contributed by atoms with E-state index in [0.29, 0.717) is 31.1 Å². The van der Waals surface area contributed by atoms with Crippen LogP contribution in [0.5, 0.6) is 11.5 Å². The van der Waals surface area contributed by atoms with Gasteiger partial charge in [-0.25, -0.2) is 5.43 Å². The number of likely N-dealkylation sites (tertiary alicyclic amines) is 1. The van der Waals surface area contributed by atoms with Crippen LogP contribution >= 0.6 is 0 Å². The second kappa shape index (κ2) is 11.9. The lowest BCUT2D eigenvalue weighted by Crippen LogP contribution is -2.35. The first-order valence-electron chi connectivity index (χ1n) is 12.6. The van der Waals surface area contributed by atoms with Crippen LogP contribution in [0, 0.1) is 0 Å². The summed E-state index contributed by atoms with van der Waals surface area (Å²) >= 11 is 0. The molecule has 0 atom stereocenters. The number of carbonyl (C=O) groups is 1. The zero-order valence-electron chi connectivity index (χ0n) is 21.0. The SMILES string of the molecule is CN1CCC(Oc2ccc(C(=O)Nn3ncc4ccc(OCCOCc5ccccc5)cc43)cc2)CC1. The maximum absolute atomic E-state index is 12.9. The van der Waals surface area contributed by atoms with Gasteiger partial charge in [0.25, 0.3) is 5.91 Å². The Morgan fingerprint density at radius 1 is 0.973 bits per heavy atom. The minimum absolute atomic E-state index is 0.221. The summed E-state index contributed by atoms with van der Waals surface area (Å²) in [6.07, 6.45) is 3.95. The molecule has 2 heterocycles. The van der Waals surface area contributed by atoms with Crippen molar-refractivity contribution in [3.8, 4) is 11.5 Å². The molecule has 4 aromatic rings. The van der Waals surface area contributed by atoms with Gasteiger partial charge in [0.2, 0.25) is 0 Å². The van der Waals surface area contributed by atoms with Gasteiger partial charge in [0.1, 0.15) is 24.2 Å². The molecule has 1 aliphatic rings. The third kappa shape index (κ3) is 6.67. The van der Waals surface area contributed by atoms with E-state index in [1.165, 1.54) is 4.79 Å². The monoisotopic (exact) mass is 500 g/mol. The molecule has 0 saturated carbocycles. The normalized spacial score (nSPS) is 14.5. The molecule has 1 fully saturated rings. The summed E-state index contributed by atoms with van der Waals surface area (Å²) in [7, 11) is 2.13. The molecule has 1 aromatic heterocycles. The van der Waals surface area contributed by atoms with Crippen LogP contribution in [-0.2, 0) is 11.3 Å². The predicted octanol–water partition coefficient (Wildman–Crippen LogP) is 4.49. The van der Waals surface area contributed by atoms with E-state index in [2.05, 4.69) is 22.5 Å². The van der Waals surface area contributed by atoms with Crippen LogP contribution in [0.15, 0.2) is 79.0 Å². The van der Waals surface area contributed by atoms with Gasteiger partial charge in [-0.05, 0) is 61.9 Å². The van der Waals surface area contributed by atoms with Crippen LogP contribution < -0.4 is 14.9 Å². The summed E-state index contributed by atoms with van der Waals surface area (Å²) in [5.41, 5.74) is 5.25. The van der Waals surface area contributed by atoms with Crippen molar-refractivity contribution in [2.24, 2.45) is 0 Å². The highest BCUT2D eigenvalue weighted by atomic mass is 16.5. The molecule has 1 N–H and O–H groups in total. The highest BCUT2D eigenvalue weighted by Crippen LogP contribution is 2.22. The molecule has 8 heteroatoms. The Bertz CT molecular complexity index is 1300. The standard InChI is InChI=1S/C29H32N4O4/c1-32-15-13-26(14-16-32)37-25-10-7-23(8-11-25)29(34)31-33-28-19-27(12-9-24(28)20-30-33)36-18-17-35-21-22-5-3-2-4-6-22/h2-12,19-20,26H,13-18,21H2,1H3,(H,31,34). The average molecular weight is 501 g/mol. The molecular weight excluding hydrogens is 468 g/mol. The van der Waals surface area contributed by atoms with Crippen molar-refractivity contribution in [1.29, 1.82) is 0 Å². The summed E-state index contributed by atoms with van der Waals surface area (Å²) in [5.74, 6) is 1.21. The van der Waals surface area contributed by atoms with E-state index in [-0.39, 0.29) is 12.0 Å². The van der Waals surface area contributed by atoms with Gasteiger partial charge in [0, 0.05) is 30.1 Å². The highest BCUT2D eigenvalue weighted by Gasteiger charge is 2.18. The lowest BCUT2D eigenvalue weighted by atomic mass is 10.1. The van der Waals surface area contributed by atoms with Gasteiger partial charge in [-0.2, -0.15) is 9.89 Å². The molecule has 1 aliphatic heterocycles. The molecular formula is C29H32N4O4. The van der Waals surface area contributed by atoms with Gasteiger partial charge in [0.05, 0.1) is 24.9 Å². The Morgan fingerprint density at radius 2 is 1.73 bits per heavy atom. The minimum Gasteiger partial charge on any atom is -0.491 e. The number of nitrogens with one attached hydrogen (secondary N) is 1. The van der Waals surface area contributed by atoms with Crippen molar-refractivity contribution in [2.45, 2.75) is 25.6 Å². The van der Waals surface area contributed by atoms with E-state index < -0.39 is 0 Å². The lowest BCUT2D eigenvalue weighted by molar-refractivity contribution is 0.0889. The molecule has 0 aliphatic carbocycles. The second-order valence-corrected chi connectivity index (χ2v) is 9.25.